The van der Waals surface area contributed by atoms with E-state index in [9.17, 15) is 0 Å². The van der Waals surface area contributed by atoms with Crippen LogP contribution in [0.3, 0.4) is 0 Å². The Labute approximate surface area is 115 Å². The second-order valence-electron chi connectivity index (χ2n) is 4.49. The molecule has 102 valence electrons. The Morgan fingerprint density at radius 3 is 2.90 bits per heavy atom. The van der Waals surface area contributed by atoms with Gasteiger partial charge in [-0.3, -0.25) is 0 Å². The van der Waals surface area contributed by atoms with Crippen LogP contribution < -0.4 is 11.5 Å². The number of hydrogen-bond acceptors (Lipinski definition) is 5. The zero-order valence-electron chi connectivity index (χ0n) is 10.7. The number of hydrogen-bond donors (Lipinski definition) is 3. The number of nitrogens with zero attached hydrogens (tertiary/aromatic N) is 4. The average molecular weight is 270 g/mol. The minimum atomic E-state index is 0.116. The average Bonchev–Trinajstić information content (AvgIpc) is 3.06. The fourth-order valence-corrected chi connectivity index (χ4v) is 2.43. The largest absolute Gasteiger partial charge is 0.409 e. The van der Waals surface area contributed by atoms with Crippen molar-refractivity contribution in [3.05, 3.63) is 47.3 Å². The number of amidine groups is 1. The highest BCUT2D eigenvalue weighted by atomic mass is 16.4. The SMILES string of the molecule is NC(=NO)c1cccc2c1CC/C2=N\n1ccnc1N. The van der Waals surface area contributed by atoms with Gasteiger partial charge in [0.15, 0.2) is 5.84 Å². The molecule has 1 heterocycles. The van der Waals surface area contributed by atoms with E-state index in [4.69, 9.17) is 16.7 Å². The molecule has 0 fully saturated rings. The van der Waals surface area contributed by atoms with Crippen molar-refractivity contribution in [1.29, 1.82) is 0 Å². The van der Waals surface area contributed by atoms with E-state index < -0.39 is 0 Å². The summed E-state index contributed by atoms with van der Waals surface area (Å²) in [5, 5.41) is 16.4. The number of benzene rings is 1. The molecule has 20 heavy (non-hydrogen) atoms. The summed E-state index contributed by atoms with van der Waals surface area (Å²) >= 11 is 0. The molecule has 0 bridgehead atoms. The summed E-state index contributed by atoms with van der Waals surface area (Å²) in [6.07, 6.45) is 4.88. The van der Waals surface area contributed by atoms with E-state index in [2.05, 4.69) is 15.2 Å². The maximum absolute atomic E-state index is 8.83. The van der Waals surface area contributed by atoms with Crippen molar-refractivity contribution in [2.24, 2.45) is 16.0 Å². The van der Waals surface area contributed by atoms with Gasteiger partial charge in [0.1, 0.15) is 0 Å². The van der Waals surface area contributed by atoms with Crippen molar-refractivity contribution < 1.29 is 5.21 Å². The van der Waals surface area contributed by atoms with Gasteiger partial charge in [0.2, 0.25) is 5.95 Å². The summed E-state index contributed by atoms with van der Waals surface area (Å²) in [5.41, 5.74) is 15.1. The Bertz CT molecular complexity index is 715. The Balaban J connectivity index is 2.08. The number of oxime groups is 1. The highest BCUT2D eigenvalue weighted by molar-refractivity contribution is 6.08. The summed E-state index contributed by atoms with van der Waals surface area (Å²) < 4.78 is 1.54. The quantitative estimate of drug-likeness (QED) is 0.323. The molecule has 1 aliphatic carbocycles. The van der Waals surface area contributed by atoms with Crippen LogP contribution >= 0.6 is 0 Å². The zero-order valence-corrected chi connectivity index (χ0v) is 10.7. The fourth-order valence-electron chi connectivity index (χ4n) is 2.43. The predicted molar refractivity (Wildman–Crippen MR) is 75.8 cm³/mol. The van der Waals surface area contributed by atoms with Gasteiger partial charge in [-0.1, -0.05) is 23.4 Å². The second-order valence-corrected chi connectivity index (χ2v) is 4.49. The molecule has 0 saturated carbocycles. The highest BCUT2D eigenvalue weighted by Crippen LogP contribution is 2.26. The van der Waals surface area contributed by atoms with Gasteiger partial charge in [-0.2, -0.15) is 5.10 Å². The first-order valence-electron chi connectivity index (χ1n) is 6.17. The van der Waals surface area contributed by atoms with Crippen molar-refractivity contribution >= 4 is 17.5 Å². The number of nitrogens with two attached hydrogens (primary N) is 2. The topological polar surface area (TPSA) is 115 Å². The molecule has 0 radical (unpaired) electrons. The predicted octanol–water partition coefficient (Wildman–Crippen LogP) is 0.758. The molecule has 1 aliphatic rings. The first-order valence-corrected chi connectivity index (χ1v) is 6.17. The van der Waals surface area contributed by atoms with Crippen molar-refractivity contribution in [3.8, 4) is 0 Å². The van der Waals surface area contributed by atoms with Crippen LogP contribution in [0.4, 0.5) is 5.95 Å². The van der Waals surface area contributed by atoms with Crippen LogP contribution in [0.5, 0.6) is 0 Å². The Morgan fingerprint density at radius 1 is 1.35 bits per heavy atom. The number of anilines is 1. The van der Waals surface area contributed by atoms with E-state index in [1.165, 1.54) is 0 Å². The van der Waals surface area contributed by atoms with Crippen molar-refractivity contribution in [3.63, 3.8) is 0 Å². The molecule has 5 N–H and O–H groups in total. The van der Waals surface area contributed by atoms with E-state index in [1.807, 2.05) is 18.2 Å². The molecule has 0 atom stereocenters. The molecule has 1 aromatic carbocycles. The summed E-state index contributed by atoms with van der Waals surface area (Å²) in [7, 11) is 0. The summed E-state index contributed by atoms with van der Waals surface area (Å²) in [4.78, 5) is 3.94. The minimum Gasteiger partial charge on any atom is -0.409 e. The van der Waals surface area contributed by atoms with Gasteiger partial charge >= 0.3 is 0 Å². The van der Waals surface area contributed by atoms with Gasteiger partial charge in [-0.25, -0.2) is 9.66 Å². The molecule has 2 aromatic rings. The van der Waals surface area contributed by atoms with Gasteiger partial charge in [-0.15, -0.1) is 0 Å². The number of rotatable bonds is 2. The van der Waals surface area contributed by atoms with Crippen LogP contribution in [0.1, 0.15) is 23.1 Å². The first-order chi connectivity index (χ1) is 9.70. The minimum absolute atomic E-state index is 0.116. The Morgan fingerprint density at radius 2 is 2.20 bits per heavy atom. The summed E-state index contributed by atoms with van der Waals surface area (Å²) in [6, 6.07) is 5.68. The van der Waals surface area contributed by atoms with Crippen molar-refractivity contribution in [2.75, 3.05) is 5.73 Å². The summed E-state index contributed by atoms with van der Waals surface area (Å²) in [5.74, 6) is 0.462. The van der Waals surface area contributed by atoms with Crippen LogP contribution in [-0.2, 0) is 6.42 Å². The molecule has 0 unspecified atom stereocenters. The number of fused-ring (bicyclic) bond motifs is 1. The first kappa shape index (κ1) is 12.2. The van der Waals surface area contributed by atoms with Crippen LogP contribution in [0.2, 0.25) is 0 Å². The van der Waals surface area contributed by atoms with Crippen LogP contribution in [0, 0.1) is 0 Å². The molecule has 0 amide bonds. The standard InChI is InChI=1S/C13H14N6O/c14-12(18-20)10-3-1-2-9-8(10)4-5-11(9)17-19-7-6-16-13(19)15/h1-3,6-7,20H,4-5H2,(H2,14,18)(H2,15,16)/b17-11+. The molecule has 7 heteroatoms. The molecular weight excluding hydrogens is 256 g/mol. The number of imidazole rings is 1. The third-order valence-corrected chi connectivity index (χ3v) is 3.36. The Hall–Kier alpha value is -2.83. The maximum Gasteiger partial charge on any atom is 0.221 e. The monoisotopic (exact) mass is 270 g/mol. The van der Waals surface area contributed by atoms with E-state index >= 15 is 0 Å². The third kappa shape index (κ3) is 1.89. The molecular formula is C13H14N6O. The molecule has 0 aliphatic heterocycles. The van der Waals surface area contributed by atoms with Gasteiger partial charge in [-0.05, 0) is 18.4 Å². The van der Waals surface area contributed by atoms with Crippen molar-refractivity contribution in [2.45, 2.75) is 12.8 Å². The van der Waals surface area contributed by atoms with Gasteiger partial charge in [0.25, 0.3) is 0 Å². The van der Waals surface area contributed by atoms with Crippen molar-refractivity contribution in [1.82, 2.24) is 9.66 Å². The third-order valence-electron chi connectivity index (χ3n) is 3.36. The van der Waals surface area contributed by atoms with E-state index in [1.54, 1.807) is 17.1 Å². The second kappa shape index (κ2) is 4.69. The number of nitrogen functional groups attached to an aromatic ring is 1. The maximum atomic E-state index is 8.83. The molecule has 1 aromatic heterocycles. The van der Waals surface area contributed by atoms with Gasteiger partial charge in [0, 0.05) is 17.3 Å². The molecule has 0 saturated heterocycles. The Kier molecular flexibility index (Phi) is 2.86. The smallest absolute Gasteiger partial charge is 0.221 e. The molecule has 0 spiro atoms. The van der Waals surface area contributed by atoms with Crippen LogP contribution in [0.25, 0.3) is 0 Å². The lowest BCUT2D eigenvalue weighted by atomic mass is 10.0. The molecule has 3 rings (SSSR count). The van der Waals surface area contributed by atoms with Crippen LogP contribution in [0.15, 0.2) is 40.8 Å². The zero-order chi connectivity index (χ0) is 14.1. The van der Waals surface area contributed by atoms with E-state index in [0.717, 1.165) is 35.2 Å². The van der Waals surface area contributed by atoms with Gasteiger partial charge in [0.05, 0.1) is 11.9 Å². The highest BCUT2D eigenvalue weighted by Gasteiger charge is 2.22. The summed E-state index contributed by atoms with van der Waals surface area (Å²) in [6.45, 7) is 0. The van der Waals surface area contributed by atoms with Crippen LogP contribution in [-0.4, -0.2) is 26.4 Å². The number of aromatic nitrogens is 2. The normalized spacial score (nSPS) is 16.6. The lowest BCUT2D eigenvalue weighted by Crippen LogP contribution is -2.15. The fraction of sp³-hybridized carbons (Fsp3) is 0.154. The molecule has 7 nitrogen and oxygen atoms in total. The van der Waals surface area contributed by atoms with E-state index in [-0.39, 0.29) is 5.84 Å². The lowest BCUT2D eigenvalue weighted by molar-refractivity contribution is 0.318. The van der Waals surface area contributed by atoms with Gasteiger partial charge < -0.3 is 16.7 Å². The lowest BCUT2D eigenvalue weighted by Gasteiger charge is -2.06. The van der Waals surface area contributed by atoms with E-state index in [0.29, 0.717) is 5.95 Å².